The second-order valence-electron chi connectivity index (χ2n) is 2.21. The van der Waals surface area contributed by atoms with Crippen molar-refractivity contribution >= 4 is 61.2 Å². The Hall–Kier alpha value is 0.610. The van der Waals surface area contributed by atoms with Crippen molar-refractivity contribution in [2.75, 3.05) is 0 Å². The van der Waals surface area contributed by atoms with E-state index >= 15 is 0 Å². The van der Waals surface area contributed by atoms with Gasteiger partial charge in [-0.25, -0.2) is 0 Å². The lowest BCUT2D eigenvalue weighted by Gasteiger charge is -1.86. The number of halogens is 2. The van der Waals surface area contributed by atoms with E-state index in [-0.39, 0.29) is 0 Å². The van der Waals surface area contributed by atoms with E-state index in [0.717, 1.165) is 0 Å². The maximum absolute atomic E-state index is 3.46. The highest BCUT2D eigenvalue weighted by molar-refractivity contribution is 14.1. The molecule has 0 aliphatic rings. The van der Waals surface area contributed by atoms with Crippen LogP contribution in [0.5, 0.6) is 0 Å². The number of thiophene rings is 2. The smallest absolute Gasteiger partial charge is 0.0705 e. The van der Waals surface area contributed by atoms with Gasteiger partial charge in [-0.2, -0.15) is 0 Å². The normalized spacial score (nSPS) is 10.5. The molecule has 0 radical (unpaired) electrons. The maximum atomic E-state index is 3.46. The van der Waals surface area contributed by atoms with Gasteiger partial charge in [-0.05, 0) is 62.8 Å². The van der Waals surface area contributed by atoms with Crippen LogP contribution in [0.3, 0.4) is 0 Å². The predicted molar refractivity (Wildman–Crippen MR) is 68.0 cm³/mol. The van der Waals surface area contributed by atoms with Crippen molar-refractivity contribution < 1.29 is 0 Å². The maximum Gasteiger partial charge on any atom is 0.0705 e. The minimum atomic E-state index is 1.20. The summed E-state index contributed by atoms with van der Waals surface area (Å²) in [6.45, 7) is 0. The Morgan fingerprint density at radius 3 is 2.17 bits per heavy atom. The van der Waals surface area contributed by atoms with Crippen LogP contribution in [0.15, 0.2) is 28.1 Å². The predicted octanol–water partition coefficient (Wildman–Crippen LogP) is 4.84. The zero-order valence-corrected chi connectivity index (χ0v) is 11.3. The number of rotatable bonds is 1. The Bertz CT molecular complexity index is 353. The molecule has 0 unspecified atom stereocenters. The summed E-state index contributed by atoms with van der Waals surface area (Å²) < 4.78 is 2.54. The topological polar surface area (TPSA) is 0 Å². The van der Waals surface area contributed by atoms with Crippen molar-refractivity contribution in [2.24, 2.45) is 0 Å². The molecule has 4 heteroatoms. The molecular formula is C8H4BrIS2. The van der Waals surface area contributed by atoms with E-state index in [1.165, 1.54) is 16.4 Å². The zero-order valence-electron chi connectivity index (χ0n) is 5.88. The van der Waals surface area contributed by atoms with Gasteiger partial charge in [-0.3, -0.25) is 0 Å². The fourth-order valence-corrected chi connectivity index (χ4v) is 3.99. The highest BCUT2D eigenvalue weighted by atomic mass is 127. The molecule has 0 bridgehead atoms. The minimum absolute atomic E-state index is 1.20. The van der Waals surface area contributed by atoms with Gasteiger partial charge in [0.05, 0.1) is 6.67 Å². The van der Waals surface area contributed by atoms with Crippen LogP contribution < -0.4 is 0 Å². The zero-order chi connectivity index (χ0) is 8.55. The van der Waals surface area contributed by atoms with Gasteiger partial charge in [0.15, 0.2) is 0 Å². The summed E-state index contributed by atoms with van der Waals surface area (Å²) in [5.41, 5.74) is 0. The molecule has 0 atom stereocenters. The van der Waals surface area contributed by atoms with E-state index in [1.54, 1.807) is 11.3 Å². The second-order valence-corrected chi connectivity index (χ2v) is 7.65. The first kappa shape index (κ1) is 9.18. The van der Waals surface area contributed by atoms with Crippen LogP contribution >= 0.6 is 61.2 Å². The lowest BCUT2D eigenvalue weighted by atomic mass is 10.4. The third kappa shape index (κ3) is 1.92. The summed E-state index contributed by atoms with van der Waals surface area (Å²) in [5.74, 6) is 0. The van der Waals surface area contributed by atoms with Gasteiger partial charge in [0.1, 0.15) is 0 Å². The molecule has 0 aromatic carbocycles. The molecule has 0 aliphatic heterocycles. The number of hydrogen-bond donors (Lipinski definition) is 0. The second kappa shape index (κ2) is 3.77. The van der Waals surface area contributed by atoms with E-state index in [4.69, 9.17) is 0 Å². The molecule has 0 spiro atoms. The minimum Gasteiger partial charge on any atom is -0.128 e. The van der Waals surface area contributed by atoms with Crippen LogP contribution in [0.1, 0.15) is 0 Å². The average Bonchev–Trinajstić information content (AvgIpc) is 2.58. The molecule has 0 aliphatic carbocycles. The Morgan fingerprint density at radius 2 is 1.67 bits per heavy atom. The van der Waals surface area contributed by atoms with Crippen LogP contribution in [0.25, 0.3) is 9.75 Å². The van der Waals surface area contributed by atoms with Gasteiger partial charge >= 0.3 is 0 Å². The molecule has 0 fully saturated rings. The van der Waals surface area contributed by atoms with Gasteiger partial charge < -0.3 is 0 Å². The SMILES string of the molecule is Brc1ccc(-c2ccc(I)s2)s1. The highest BCUT2D eigenvalue weighted by Crippen LogP contribution is 2.35. The van der Waals surface area contributed by atoms with Crippen LogP contribution in [0.4, 0.5) is 0 Å². The lowest BCUT2D eigenvalue weighted by Crippen LogP contribution is -1.55. The third-order valence-electron chi connectivity index (χ3n) is 1.39. The molecule has 62 valence electrons. The summed E-state index contributed by atoms with van der Waals surface area (Å²) >= 11 is 9.41. The molecular weight excluding hydrogens is 367 g/mol. The largest absolute Gasteiger partial charge is 0.128 e. The monoisotopic (exact) mass is 370 g/mol. The highest BCUT2D eigenvalue weighted by Gasteiger charge is 2.03. The summed E-state index contributed by atoms with van der Waals surface area (Å²) in [6, 6.07) is 8.56. The van der Waals surface area contributed by atoms with Gasteiger partial charge in [0.2, 0.25) is 0 Å². The molecule has 2 aromatic heterocycles. The van der Waals surface area contributed by atoms with E-state index in [2.05, 4.69) is 62.8 Å². The molecule has 2 aromatic rings. The first-order valence-electron chi connectivity index (χ1n) is 3.27. The van der Waals surface area contributed by atoms with Crippen LogP contribution in [-0.2, 0) is 0 Å². The molecule has 0 nitrogen and oxygen atoms in total. The standard InChI is InChI=1S/C8H4BrIS2/c9-7-3-1-5(11-7)6-2-4-8(10)12-6/h1-4H. The fourth-order valence-electron chi connectivity index (χ4n) is 0.893. The first-order valence-corrected chi connectivity index (χ1v) is 6.77. The Balaban J connectivity index is 2.43. The number of hydrogen-bond acceptors (Lipinski definition) is 2. The van der Waals surface area contributed by atoms with E-state index in [9.17, 15) is 0 Å². The molecule has 12 heavy (non-hydrogen) atoms. The molecule has 0 amide bonds. The summed E-state index contributed by atoms with van der Waals surface area (Å²) in [6.07, 6.45) is 0. The Kier molecular flexibility index (Phi) is 2.89. The van der Waals surface area contributed by atoms with Gasteiger partial charge in [-0.15, -0.1) is 22.7 Å². The van der Waals surface area contributed by atoms with E-state index in [0.29, 0.717) is 0 Å². The summed E-state index contributed by atoms with van der Waals surface area (Å²) in [4.78, 5) is 2.70. The quantitative estimate of drug-likeness (QED) is 0.630. The lowest BCUT2D eigenvalue weighted by molar-refractivity contribution is 1.90. The first-order chi connectivity index (χ1) is 5.75. The van der Waals surface area contributed by atoms with Crippen molar-refractivity contribution in [3.63, 3.8) is 0 Å². The summed E-state index contributed by atoms with van der Waals surface area (Å²) in [7, 11) is 0. The molecule has 0 saturated heterocycles. The fraction of sp³-hybridized carbons (Fsp3) is 0. The molecule has 2 rings (SSSR count). The van der Waals surface area contributed by atoms with E-state index in [1.807, 2.05) is 11.3 Å². The third-order valence-corrected chi connectivity index (χ3v) is 5.10. The van der Waals surface area contributed by atoms with Gasteiger partial charge in [-0.1, -0.05) is 0 Å². The average molecular weight is 371 g/mol. The van der Waals surface area contributed by atoms with Crippen molar-refractivity contribution in [1.82, 2.24) is 0 Å². The van der Waals surface area contributed by atoms with Crippen molar-refractivity contribution in [1.29, 1.82) is 0 Å². The van der Waals surface area contributed by atoms with Crippen LogP contribution in [-0.4, -0.2) is 0 Å². The van der Waals surface area contributed by atoms with Crippen LogP contribution in [0.2, 0.25) is 0 Å². The van der Waals surface area contributed by atoms with Crippen molar-refractivity contribution in [2.45, 2.75) is 0 Å². The van der Waals surface area contributed by atoms with Gasteiger partial charge in [0, 0.05) is 9.75 Å². The Labute approximate surface area is 101 Å². The Morgan fingerprint density at radius 1 is 1.00 bits per heavy atom. The molecule has 0 N–H and O–H groups in total. The molecule has 0 saturated carbocycles. The van der Waals surface area contributed by atoms with E-state index < -0.39 is 0 Å². The van der Waals surface area contributed by atoms with Crippen LogP contribution in [0, 0.1) is 2.88 Å². The van der Waals surface area contributed by atoms with Gasteiger partial charge in [0.25, 0.3) is 0 Å². The summed E-state index contributed by atoms with van der Waals surface area (Å²) in [5, 5.41) is 0. The van der Waals surface area contributed by atoms with Crippen molar-refractivity contribution in [3.05, 3.63) is 30.9 Å². The molecule has 2 heterocycles. The van der Waals surface area contributed by atoms with Crippen molar-refractivity contribution in [3.8, 4) is 9.75 Å².